The lowest BCUT2D eigenvalue weighted by Gasteiger charge is -2.30. The number of carboxylic acids is 2. The van der Waals surface area contributed by atoms with E-state index in [1.807, 2.05) is 18.2 Å². The largest absolute Gasteiger partial charge is 0.481 e. The predicted molar refractivity (Wildman–Crippen MR) is 86.4 cm³/mol. The molecule has 6 heteroatoms. The Kier molecular flexibility index (Phi) is 4.38. The van der Waals surface area contributed by atoms with Gasteiger partial charge in [0.1, 0.15) is 0 Å². The highest BCUT2D eigenvalue weighted by Gasteiger charge is 2.52. The van der Waals surface area contributed by atoms with Crippen LogP contribution in [0.25, 0.3) is 0 Å². The van der Waals surface area contributed by atoms with Gasteiger partial charge in [-0.1, -0.05) is 30.4 Å². The molecule has 1 saturated carbocycles. The van der Waals surface area contributed by atoms with Gasteiger partial charge in [0.2, 0.25) is 5.91 Å². The summed E-state index contributed by atoms with van der Waals surface area (Å²) in [5, 5.41) is 18.5. The van der Waals surface area contributed by atoms with Crippen molar-refractivity contribution in [1.82, 2.24) is 0 Å². The predicted octanol–water partition coefficient (Wildman–Crippen LogP) is 2.02. The zero-order valence-corrected chi connectivity index (χ0v) is 13.0. The molecule has 1 fully saturated rings. The molecule has 1 aromatic carbocycles. The van der Waals surface area contributed by atoms with Crippen molar-refractivity contribution in [3.8, 4) is 0 Å². The minimum atomic E-state index is -0.994. The average molecular weight is 329 g/mol. The van der Waals surface area contributed by atoms with E-state index in [2.05, 4.69) is 0 Å². The van der Waals surface area contributed by atoms with Crippen LogP contribution in [0.15, 0.2) is 42.5 Å². The summed E-state index contributed by atoms with van der Waals surface area (Å²) >= 11 is 0. The van der Waals surface area contributed by atoms with Gasteiger partial charge in [0, 0.05) is 12.2 Å². The van der Waals surface area contributed by atoms with Gasteiger partial charge >= 0.3 is 11.9 Å². The maximum absolute atomic E-state index is 13.1. The molecule has 1 amide bonds. The first kappa shape index (κ1) is 16.2. The summed E-state index contributed by atoms with van der Waals surface area (Å²) in [5.41, 5.74) is 0.597. The number of para-hydroxylation sites is 1. The molecule has 6 nitrogen and oxygen atoms in total. The molecular formula is C18H19NO5. The van der Waals surface area contributed by atoms with Crippen LogP contribution >= 0.6 is 0 Å². The molecule has 24 heavy (non-hydrogen) atoms. The highest BCUT2D eigenvalue weighted by molar-refractivity contribution is 5.98. The lowest BCUT2D eigenvalue weighted by molar-refractivity contribution is -0.147. The Bertz CT molecular complexity index is 684. The number of rotatable bonds is 6. The zero-order valence-electron chi connectivity index (χ0n) is 13.0. The van der Waals surface area contributed by atoms with Crippen molar-refractivity contribution < 1.29 is 24.6 Å². The Hall–Kier alpha value is -2.63. The number of amides is 1. The number of nitrogens with zero attached hydrogens (tertiary/aromatic N) is 1. The van der Waals surface area contributed by atoms with Crippen LogP contribution in [-0.4, -0.2) is 34.6 Å². The minimum absolute atomic E-state index is 0.0299. The molecule has 0 radical (unpaired) electrons. The number of hydrogen-bond donors (Lipinski definition) is 2. The molecule has 0 saturated heterocycles. The van der Waals surface area contributed by atoms with Crippen molar-refractivity contribution in [2.75, 3.05) is 11.4 Å². The van der Waals surface area contributed by atoms with E-state index < -0.39 is 23.8 Å². The summed E-state index contributed by atoms with van der Waals surface area (Å²) in [5.74, 6) is -3.82. The lowest BCUT2D eigenvalue weighted by atomic mass is 9.82. The van der Waals surface area contributed by atoms with Gasteiger partial charge in [-0.2, -0.15) is 0 Å². The third kappa shape index (κ3) is 2.91. The molecule has 2 aliphatic rings. The number of benzene rings is 1. The smallest absolute Gasteiger partial charge is 0.307 e. The fraction of sp³-hybridized carbons (Fsp3) is 0.389. The summed E-state index contributed by atoms with van der Waals surface area (Å²) < 4.78 is 0. The van der Waals surface area contributed by atoms with E-state index >= 15 is 0 Å². The van der Waals surface area contributed by atoms with Gasteiger partial charge in [-0.3, -0.25) is 14.4 Å². The zero-order chi connectivity index (χ0) is 17.3. The second kappa shape index (κ2) is 6.47. The number of carbonyl (C=O) groups is 3. The summed E-state index contributed by atoms with van der Waals surface area (Å²) in [6.45, 7) is 0.0299. The second-order valence-corrected chi connectivity index (χ2v) is 6.31. The van der Waals surface area contributed by atoms with E-state index in [0.29, 0.717) is 12.1 Å². The maximum atomic E-state index is 13.1. The Morgan fingerprint density at radius 1 is 1.00 bits per heavy atom. The maximum Gasteiger partial charge on any atom is 0.307 e. The van der Waals surface area contributed by atoms with Crippen molar-refractivity contribution in [3.63, 3.8) is 0 Å². The molecule has 2 N–H and O–H groups in total. The summed E-state index contributed by atoms with van der Waals surface area (Å²) in [6.07, 6.45) is 4.30. The monoisotopic (exact) mass is 329 g/mol. The first-order valence-corrected chi connectivity index (χ1v) is 7.98. The van der Waals surface area contributed by atoms with E-state index in [4.69, 9.17) is 5.11 Å². The first-order chi connectivity index (χ1) is 11.5. The van der Waals surface area contributed by atoms with Crippen molar-refractivity contribution >= 4 is 23.5 Å². The number of carboxylic acid groups (broad SMARTS) is 2. The van der Waals surface area contributed by atoms with Gasteiger partial charge < -0.3 is 15.1 Å². The summed E-state index contributed by atoms with van der Waals surface area (Å²) in [4.78, 5) is 37.1. The molecule has 0 heterocycles. The quantitative estimate of drug-likeness (QED) is 0.779. The average Bonchev–Trinajstić information content (AvgIpc) is 3.16. The Balaban J connectivity index is 1.89. The third-order valence-electron chi connectivity index (χ3n) is 4.91. The molecule has 2 bridgehead atoms. The van der Waals surface area contributed by atoms with E-state index in [1.54, 1.807) is 24.3 Å². The van der Waals surface area contributed by atoms with Crippen LogP contribution in [0.1, 0.15) is 12.8 Å². The number of carbonyl (C=O) groups excluding carboxylic acids is 1. The molecular weight excluding hydrogens is 310 g/mol. The van der Waals surface area contributed by atoms with Crippen molar-refractivity contribution in [2.24, 2.45) is 23.7 Å². The van der Waals surface area contributed by atoms with Crippen LogP contribution in [0.5, 0.6) is 0 Å². The summed E-state index contributed by atoms with van der Waals surface area (Å²) in [7, 11) is 0. The van der Waals surface area contributed by atoms with Crippen LogP contribution in [0.3, 0.4) is 0 Å². The van der Waals surface area contributed by atoms with Crippen LogP contribution in [0.2, 0.25) is 0 Å². The molecule has 0 spiro atoms. The van der Waals surface area contributed by atoms with Gasteiger partial charge in [-0.25, -0.2) is 0 Å². The SMILES string of the molecule is O=C(O)CCN(C(=O)[C@@H]1[C@H](C(=O)O)[C@H]2C=C[C@H]1C2)c1ccccc1. The number of aliphatic carboxylic acids is 2. The Morgan fingerprint density at radius 3 is 2.21 bits per heavy atom. The molecule has 4 atom stereocenters. The number of fused-ring (bicyclic) bond motifs is 2. The fourth-order valence-electron chi connectivity index (χ4n) is 3.86. The van der Waals surface area contributed by atoms with Gasteiger partial charge in [-0.05, 0) is 30.4 Å². The lowest BCUT2D eigenvalue weighted by Crippen LogP contribution is -2.44. The fourth-order valence-corrected chi connectivity index (χ4v) is 3.86. The van der Waals surface area contributed by atoms with E-state index in [1.165, 1.54) is 4.90 Å². The molecule has 126 valence electrons. The Morgan fingerprint density at radius 2 is 1.62 bits per heavy atom. The van der Waals surface area contributed by atoms with Gasteiger partial charge in [0.05, 0.1) is 18.3 Å². The van der Waals surface area contributed by atoms with Crippen molar-refractivity contribution in [1.29, 1.82) is 0 Å². The summed E-state index contributed by atoms with van der Waals surface area (Å²) in [6, 6.07) is 8.82. The van der Waals surface area contributed by atoms with Crippen LogP contribution < -0.4 is 4.90 Å². The van der Waals surface area contributed by atoms with Gasteiger partial charge in [0.25, 0.3) is 0 Å². The number of anilines is 1. The highest BCUT2D eigenvalue weighted by atomic mass is 16.4. The molecule has 0 unspecified atom stereocenters. The molecule has 0 aromatic heterocycles. The van der Waals surface area contributed by atoms with Crippen LogP contribution in [0, 0.1) is 23.7 Å². The van der Waals surface area contributed by atoms with Crippen molar-refractivity contribution in [3.05, 3.63) is 42.5 Å². The van der Waals surface area contributed by atoms with E-state index in [-0.39, 0.29) is 30.7 Å². The first-order valence-electron chi connectivity index (χ1n) is 7.98. The molecule has 3 rings (SSSR count). The normalized spacial score (nSPS) is 27.2. The van der Waals surface area contributed by atoms with Crippen LogP contribution in [0.4, 0.5) is 5.69 Å². The highest BCUT2D eigenvalue weighted by Crippen LogP contribution is 2.49. The van der Waals surface area contributed by atoms with Gasteiger partial charge in [-0.15, -0.1) is 0 Å². The third-order valence-corrected chi connectivity index (χ3v) is 4.91. The standard InChI is InChI=1S/C18H19NO5/c20-14(21)8-9-19(13-4-2-1-3-5-13)17(22)15-11-6-7-12(10-11)16(15)18(23)24/h1-7,11-12,15-16H,8-10H2,(H,20,21)(H,23,24)/t11-,12-,15-,16+/m0/s1. The number of hydrogen-bond acceptors (Lipinski definition) is 3. The van der Waals surface area contributed by atoms with Crippen molar-refractivity contribution in [2.45, 2.75) is 12.8 Å². The Labute approximate surface area is 139 Å². The topological polar surface area (TPSA) is 94.9 Å². The second-order valence-electron chi connectivity index (χ2n) is 6.31. The molecule has 1 aromatic rings. The van der Waals surface area contributed by atoms with E-state index in [9.17, 15) is 19.5 Å². The molecule has 0 aliphatic heterocycles. The minimum Gasteiger partial charge on any atom is -0.481 e. The van der Waals surface area contributed by atoms with Crippen LogP contribution in [-0.2, 0) is 14.4 Å². The van der Waals surface area contributed by atoms with E-state index in [0.717, 1.165) is 0 Å². The van der Waals surface area contributed by atoms with Gasteiger partial charge in [0.15, 0.2) is 0 Å². The number of allylic oxidation sites excluding steroid dienone is 2. The molecule has 2 aliphatic carbocycles.